The molecule has 94 valence electrons. The van der Waals surface area contributed by atoms with E-state index in [0.29, 0.717) is 0 Å². The zero-order chi connectivity index (χ0) is 13.1. The number of ketones is 1. The zero-order valence-corrected chi connectivity index (χ0v) is 11.1. The minimum Gasteiger partial charge on any atom is -0.459 e. The summed E-state index contributed by atoms with van der Waals surface area (Å²) < 4.78 is 5.10. The van der Waals surface area contributed by atoms with Gasteiger partial charge in [0.15, 0.2) is 0 Å². The topological polar surface area (TPSA) is 69.4 Å². The van der Waals surface area contributed by atoms with Crippen molar-refractivity contribution in [3.8, 4) is 0 Å². The van der Waals surface area contributed by atoms with E-state index in [0.717, 1.165) is 0 Å². The predicted octanol–water partition coefficient (Wildman–Crippen LogP) is 1.66. The van der Waals surface area contributed by atoms with E-state index in [-0.39, 0.29) is 12.2 Å². The number of carbonyl (C=O) groups excluding carboxylic acids is 2. The third-order valence-corrected chi connectivity index (χ3v) is 1.95. The lowest BCUT2D eigenvalue weighted by atomic mass is 9.87. The van der Waals surface area contributed by atoms with E-state index in [1.54, 1.807) is 41.5 Å². The average molecular weight is 229 g/mol. The molecule has 0 aromatic heterocycles. The zero-order valence-electron chi connectivity index (χ0n) is 11.1. The van der Waals surface area contributed by atoms with Gasteiger partial charge in [0.05, 0.1) is 0 Å². The van der Waals surface area contributed by atoms with Gasteiger partial charge in [-0.15, -0.1) is 0 Å². The van der Waals surface area contributed by atoms with Crippen molar-refractivity contribution in [3.05, 3.63) is 0 Å². The summed E-state index contributed by atoms with van der Waals surface area (Å²) in [7, 11) is 0. The highest BCUT2D eigenvalue weighted by molar-refractivity contribution is 5.89. The van der Waals surface area contributed by atoms with Gasteiger partial charge in [-0.3, -0.25) is 9.59 Å². The van der Waals surface area contributed by atoms with Gasteiger partial charge < -0.3 is 10.5 Å². The van der Waals surface area contributed by atoms with Crippen LogP contribution in [0.25, 0.3) is 0 Å². The molecular formula is C12H23NO3. The number of nitrogens with two attached hydrogens (primary N) is 1. The second-order valence-electron chi connectivity index (χ2n) is 6.02. The maximum absolute atomic E-state index is 11.7. The fourth-order valence-electron chi connectivity index (χ4n) is 0.967. The van der Waals surface area contributed by atoms with Gasteiger partial charge in [0.25, 0.3) is 0 Å². The van der Waals surface area contributed by atoms with Gasteiger partial charge in [-0.1, -0.05) is 20.8 Å². The van der Waals surface area contributed by atoms with Crippen LogP contribution < -0.4 is 5.73 Å². The van der Waals surface area contributed by atoms with Crippen LogP contribution in [0.15, 0.2) is 0 Å². The fraction of sp³-hybridized carbons (Fsp3) is 0.833. The summed E-state index contributed by atoms with van der Waals surface area (Å²) in [5.74, 6) is -0.559. The van der Waals surface area contributed by atoms with Crippen molar-refractivity contribution < 1.29 is 14.3 Å². The van der Waals surface area contributed by atoms with Crippen LogP contribution in [0.3, 0.4) is 0 Å². The number of hydrogen-bond acceptors (Lipinski definition) is 4. The molecule has 1 unspecified atom stereocenters. The van der Waals surface area contributed by atoms with Crippen molar-refractivity contribution in [1.29, 1.82) is 0 Å². The average Bonchev–Trinajstić information content (AvgIpc) is 1.98. The maximum Gasteiger partial charge on any atom is 0.323 e. The molecule has 0 saturated heterocycles. The summed E-state index contributed by atoms with van der Waals surface area (Å²) in [5.41, 5.74) is 4.58. The highest BCUT2D eigenvalue weighted by Crippen LogP contribution is 2.18. The van der Waals surface area contributed by atoms with Gasteiger partial charge in [-0.05, 0) is 20.8 Å². The van der Waals surface area contributed by atoms with Crippen LogP contribution in [0.2, 0.25) is 0 Å². The van der Waals surface area contributed by atoms with Crippen molar-refractivity contribution in [2.75, 3.05) is 0 Å². The molecule has 4 nitrogen and oxygen atoms in total. The Labute approximate surface area is 97.5 Å². The van der Waals surface area contributed by atoms with Crippen molar-refractivity contribution >= 4 is 11.8 Å². The molecule has 0 amide bonds. The molecule has 0 saturated carbocycles. The fourth-order valence-corrected chi connectivity index (χ4v) is 0.967. The Morgan fingerprint density at radius 2 is 1.56 bits per heavy atom. The van der Waals surface area contributed by atoms with E-state index < -0.39 is 23.0 Å². The Morgan fingerprint density at radius 3 is 1.88 bits per heavy atom. The number of hydrogen-bond donors (Lipinski definition) is 1. The first-order chi connectivity index (χ1) is 6.93. The monoisotopic (exact) mass is 229 g/mol. The number of rotatable bonds is 3. The standard InChI is InChI=1S/C12H23NO3/c1-11(2,3)9(14)7-8(13)10(15)16-12(4,5)6/h8H,7,13H2,1-6H3. The molecule has 0 aliphatic rings. The first-order valence-corrected chi connectivity index (χ1v) is 5.45. The Hall–Kier alpha value is -0.900. The summed E-state index contributed by atoms with van der Waals surface area (Å²) in [5, 5.41) is 0. The smallest absolute Gasteiger partial charge is 0.323 e. The quantitative estimate of drug-likeness (QED) is 0.747. The third-order valence-electron chi connectivity index (χ3n) is 1.95. The molecule has 4 heteroatoms. The van der Waals surface area contributed by atoms with Crippen LogP contribution in [-0.2, 0) is 14.3 Å². The molecule has 2 N–H and O–H groups in total. The molecule has 0 bridgehead atoms. The Kier molecular flexibility index (Phi) is 4.68. The summed E-state index contributed by atoms with van der Waals surface area (Å²) in [4.78, 5) is 23.2. The Bertz CT molecular complexity index is 271. The molecule has 0 radical (unpaired) electrons. The normalized spacial score (nSPS) is 14.4. The van der Waals surface area contributed by atoms with Crippen molar-refractivity contribution in [3.63, 3.8) is 0 Å². The van der Waals surface area contributed by atoms with E-state index in [2.05, 4.69) is 0 Å². The van der Waals surface area contributed by atoms with Crippen molar-refractivity contribution in [1.82, 2.24) is 0 Å². The summed E-state index contributed by atoms with van der Waals surface area (Å²) in [6, 6.07) is -0.869. The van der Waals surface area contributed by atoms with Crippen LogP contribution in [0, 0.1) is 5.41 Å². The highest BCUT2D eigenvalue weighted by atomic mass is 16.6. The van der Waals surface area contributed by atoms with Crippen molar-refractivity contribution in [2.45, 2.75) is 59.6 Å². The first kappa shape index (κ1) is 15.1. The van der Waals surface area contributed by atoms with Crippen LogP contribution in [0.1, 0.15) is 48.0 Å². The van der Waals surface area contributed by atoms with Crippen LogP contribution in [0.5, 0.6) is 0 Å². The molecule has 16 heavy (non-hydrogen) atoms. The molecule has 1 atom stereocenters. The third kappa shape index (κ3) is 5.85. The van der Waals surface area contributed by atoms with Crippen LogP contribution in [0.4, 0.5) is 0 Å². The van der Waals surface area contributed by atoms with Gasteiger partial charge in [-0.2, -0.15) is 0 Å². The van der Waals surface area contributed by atoms with Gasteiger partial charge in [0.1, 0.15) is 17.4 Å². The number of carbonyl (C=O) groups is 2. The molecular weight excluding hydrogens is 206 g/mol. The highest BCUT2D eigenvalue weighted by Gasteiger charge is 2.28. The van der Waals surface area contributed by atoms with E-state index in [1.807, 2.05) is 0 Å². The second-order valence-corrected chi connectivity index (χ2v) is 6.02. The van der Waals surface area contributed by atoms with Gasteiger partial charge in [-0.25, -0.2) is 0 Å². The van der Waals surface area contributed by atoms with E-state index in [1.165, 1.54) is 0 Å². The van der Waals surface area contributed by atoms with Crippen molar-refractivity contribution in [2.24, 2.45) is 11.1 Å². The maximum atomic E-state index is 11.7. The van der Waals surface area contributed by atoms with Gasteiger partial charge in [0, 0.05) is 11.8 Å². The molecule has 0 aliphatic heterocycles. The van der Waals surface area contributed by atoms with Gasteiger partial charge >= 0.3 is 5.97 Å². The molecule has 0 aliphatic carbocycles. The lowest BCUT2D eigenvalue weighted by Crippen LogP contribution is -2.40. The molecule has 0 aromatic rings. The summed E-state index contributed by atoms with van der Waals surface area (Å²) >= 11 is 0. The summed E-state index contributed by atoms with van der Waals surface area (Å²) in [6.45, 7) is 10.7. The molecule has 0 rings (SSSR count). The minimum absolute atomic E-state index is 0.0262. The number of ether oxygens (including phenoxy) is 1. The Morgan fingerprint density at radius 1 is 1.12 bits per heavy atom. The largest absolute Gasteiger partial charge is 0.459 e. The van der Waals surface area contributed by atoms with E-state index in [4.69, 9.17) is 10.5 Å². The van der Waals surface area contributed by atoms with Crippen LogP contribution >= 0.6 is 0 Å². The number of esters is 1. The lowest BCUT2D eigenvalue weighted by molar-refractivity contribution is -0.157. The first-order valence-electron chi connectivity index (χ1n) is 5.45. The molecule has 0 aromatic carbocycles. The second kappa shape index (κ2) is 4.95. The SMILES string of the molecule is CC(C)(C)OC(=O)C(N)CC(=O)C(C)(C)C. The molecule has 0 spiro atoms. The van der Waals surface area contributed by atoms with E-state index in [9.17, 15) is 9.59 Å². The van der Waals surface area contributed by atoms with Crippen LogP contribution in [-0.4, -0.2) is 23.4 Å². The minimum atomic E-state index is -0.869. The molecule has 0 fully saturated rings. The number of Topliss-reactive ketones (excluding diaryl/α,β-unsaturated/α-hetero) is 1. The van der Waals surface area contributed by atoms with Gasteiger partial charge in [0.2, 0.25) is 0 Å². The predicted molar refractivity (Wildman–Crippen MR) is 62.9 cm³/mol. The molecule has 0 heterocycles. The Balaban J connectivity index is 4.33. The summed E-state index contributed by atoms with van der Waals surface area (Å²) in [6.07, 6.45) is 0.0262. The lowest BCUT2D eigenvalue weighted by Gasteiger charge is -2.23. The van der Waals surface area contributed by atoms with E-state index >= 15 is 0 Å².